The molecule has 1 aliphatic carbocycles. The molecule has 0 saturated heterocycles. The quantitative estimate of drug-likeness (QED) is 0.854. The van der Waals surface area contributed by atoms with Crippen LogP contribution in [0.5, 0.6) is 0 Å². The summed E-state index contributed by atoms with van der Waals surface area (Å²) in [5.41, 5.74) is 1.59. The Kier molecular flexibility index (Phi) is 3.68. The Bertz CT molecular complexity index is 437. The molecule has 1 aromatic carbocycles. The van der Waals surface area contributed by atoms with Gasteiger partial charge in [0.25, 0.3) is 0 Å². The average molecular weight is 260 g/mol. The van der Waals surface area contributed by atoms with Crippen molar-refractivity contribution in [1.29, 1.82) is 0 Å². The first kappa shape index (κ1) is 14.1. The minimum atomic E-state index is 0.0162. The van der Waals surface area contributed by atoms with Gasteiger partial charge in [0.1, 0.15) is 0 Å². The Morgan fingerprint density at radius 1 is 1.11 bits per heavy atom. The van der Waals surface area contributed by atoms with Crippen molar-refractivity contribution < 1.29 is 4.79 Å². The van der Waals surface area contributed by atoms with Gasteiger partial charge in [-0.3, -0.25) is 4.79 Å². The molecule has 0 aromatic heterocycles. The zero-order valence-corrected chi connectivity index (χ0v) is 12.3. The zero-order valence-electron chi connectivity index (χ0n) is 12.3. The topological polar surface area (TPSA) is 41.1 Å². The van der Waals surface area contributed by atoms with Crippen LogP contribution in [0.25, 0.3) is 0 Å². The SMILES string of the molecule is CC1(C)C(CNCC(=O)Nc2ccccc2)C1(C)C. The summed E-state index contributed by atoms with van der Waals surface area (Å²) < 4.78 is 0. The fraction of sp³-hybridized carbons (Fsp3) is 0.562. The lowest BCUT2D eigenvalue weighted by Gasteiger charge is -2.07. The lowest BCUT2D eigenvalue weighted by molar-refractivity contribution is -0.115. The molecule has 0 bridgehead atoms. The Balaban J connectivity index is 1.71. The van der Waals surface area contributed by atoms with Gasteiger partial charge in [0, 0.05) is 5.69 Å². The fourth-order valence-electron chi connectivity index (χ4n) is 2.90. The third kappa shape index (κ3) is 2.81. The third-order valence-corrected chi connectivity index (χ3v) is 5.01. The zero-order chi connectivity index (χ0) is 14.1. The summed E-state index contributed by atoms with van der Waals surface area (Å²) in [7, 11) is 0. The van der Waals surface area contributed by atoms with Gasteiger partial charge < -0.3 is 10.6 Å². The summed E-state index contributed by atoms with van der Waals surface area (Å²) in [4.78, 5) is 11.8. The van der Waals surface area contributed by atoms with E-state index in [4.69, 9.17) is 0 Å². The van der Waals surface area contributed by atoms with Crippen LogP contribution in [-0.4, -0.2) is 19.0 Å². The monoisotopic (exact) mass is 260 g/mol. The van der Waals surface area contributed by atoms with Gasteiger partial charge in [-0.25, -0.2) is 0 Å². The smallest absolute Gasteiger partial charge is 0.238 e. The van der Waals surface area contributed by atoms with E-state index < -0.39 is 0 Å². The minimum absolute atomic E-state index is 0.0162. The van der Waals surface area contributed by atoms with E-state index in [1.165, 1.54) is 0 Å². The number of carbonyl (C=O) groups is 1. The van der Waals surface area contributed by atoms with E-state index in [0.29, 0.717) is 23.3 Å². The molecule has 1 saturated carbocycles. The maximum absolute atomic E-state index is 11.8. The minimum Gasteiger partial charge on any atom is -0.325 e. The van der Waals surface area contributed by atoms with Crippen LogP contribution in [0, 0.1) is 16.7 Å². The largest absolute Gasteiger partial charge is 0.325 e. The van der Waals surface area contributed by atoms with Gasteiger partial charge in [0.15, 0.2) is 0 Å². The molecule has 0 atom stereocenters. The fourth-order valence-corrected chi connectivity index (χ4v) is 2.90. The number of hydrogen-bond donors (Lipinski definition) is 2. The van der Waals surface area contributed by atoms with Gasteiger partial charge in [-0.1, -0.05) is 45.9 Å². The molecule has 3 heteroatoms. The van der Waals surface area contributed by atoms with Crippen molar-refractivity contribution in [3.63, 3.8) is 0 Å². The molecule has 104 valence electrons. The van der Waals surface area contributed by atoms with Crippen LogP contribution in [0.4, 0.5) is 5.69 Å². The van der Waals surface area contributed by atoms with Gasteiger partial charge in [-0.15, -0.1) is 0 Å². The third-order valence-electron chi connectivity index (χ3n) is 5.01. The van der Waals surface area contributed by atoms with Crippen LogP contribution in [0.3, 0.4) is 0 Å². The molecule has 19 heavy (non-hydrogen) atoms. The second-order valence-electron chi connectivity index (χ2n) is 6.54. The molecule has 1 fully saturated rings. The molecule has 1 aromatic rings. The molecule has 2 N–H and O–H groups in total. The predicted molar refractivity (Wildman–Crippen MR) is 79.0 cm³/mol. The van der Waals surface area contributed by atoms with Crippen LogP contribution >= 0.6 is 0 Å². The summed E-state index contributed by atoms with van der Waals surface area (Å²) >= 11 is 0. The van der Waals surface area contributed by atoms with Crippen molar-refractivity contribution in [2.45, 2.75) is 27.7 Å². The summed E-state index contributed by atoms with van der Waals surface area (Å²) in [5.74, 6) is 0.659. The Hall–Kier alpha value is -1.35. The maximum Gasteiger partial charge on any atom is 0.238 e. The van der Waals surface area contributed by atoms with E-state index in [1.54, 1.807) is 0 Å². The Morgan fingerprint density at radius 2 is 1.68 bits per heavy atom. The van der Waals surface area contributed by atoms with Crippen molar-refractivity contribution in [2.24, 2.45) is 16.7 Å². The first-order valence-electron chi connectivity index (χ1n) is 6.91. The molecular weight excluding hydrogens is 236 g/mol. The number of para-hydroxylation sites is 1. The summed E-state index contributed by atoms with van der Waals surface area (Å²) in [6.07, 6.45) is 0. The van der Waals surface area contributed by atoms with E-state index in [9.17, 15) is 4.79 Å². The summed E-state index contributed by atoms with van der Waals surface area (Å²) in [6.45, 7) is 10.5. The van der Waals surface area contributed by atoms with Crippen LogP contribution in [0.1, 0.15) is 27.7 Å². The van der Waals surface area contributed by atoms with Crippen molar-refractivity contribution in [1.82, 2.24) is 5.32 Å². The molecule has 0 heterocycles. The van der Waals surface area contributed by atoms with Crippen LogP contribution in [-0.2, 0) is 4.79 Å². The number of anilines is 1. The van der Waals surface area contributed by atoms with Crippen molar-refractivity contribution in [3.05, 3.63) is 30.3 Å². The van der Waals surface area contributed by atoms with E-state index in [1.807, 2.05) is 30.3 Å². The van der Waals surface area contributed by atoms with Crippen LogP contribution < -0.4 is 10.6 Å². The molecule has 3 nitrogen and oxygen atoms in total. The highest BCUT2D eigenvalue weighted by Gasteiger charge is 2.63. The number of nitrogens with one attached hydrogen (secondary N) is 2. The lowest BCUT2D eigenvalue weighted by Crippen LogP contribution is -2.30. The second kappa shape index (κ2) is 4.97. The number of amides is 1. The lowest BCUT2D eigenvalue weighted by atomic mass is 10.0. The highest BCUT2D eigenvalue weighted by Crippen LogP contribution is 2.67. The van der Waals surface area contributed by atoms with E-state index >= 15 is 0 Å². The van der Waals surface area contributed by atoms with Crippen molar-refractivity contribution >= 4 is 11.6 Å². The number of hydrogen-bond acceptors (Lipinski definition) is 2. The maximum atomic E-state index is 11.8. The van der Waals surface area contributed by atoms with Gasteiger partial charge in [0.05, 0.1) is 6.54 Å². The second-order valence-corrected chi connectivity index (χ2v) is 6.54. The first-order chi connectivity index (χ1) is 8.85. The summed E-state index contributed by atoms with van der Waals surface area (Å²) in [6, 6.07) is 9.55. The number of rotatable bonds is 5. The highest BCUT2D eigenvalue weighted by atomic mass is 16.1. The van der Waals surface area contributed by atoms with Crippen LogP contribution in [0.15, 0.2) is 30.3 Å². The van der Waals surface area contributed by atoms with Gasteiger partial charge in [0.2, 0.25) is 5.91 Å². The van der Waals surface area contributed by atoms with Crippen molar-refractivity contribution in [3.8, 4) is 0 Å². The van der Waals surface area contributed by atoms with Gasteiger partial charge in [-0.05, 0) is 35.4 Å². The van der Waals surface area contributed by atoms with Gasteiger partial charge >= 0.3 is 0 Å². The van der Waals surface area contributed by atoms with Crippen molar-refractivity contribution in [2.75, 3.05) is 18.4 Å². The van der Waals surface area contributed by atoms with E-state index in [2.05, 4.69) is 38.3 Å². The first-order valence-corrected chi connectivity index (χ1v) is 6.91. The van der Waals surface area contributed by atoms with Gasteiger partial charge in [-0.2, -0.15) is 0 Å². The number of carbonyl (C=O) groups excluding carboxylic acids is 1. The molecule has 0 aliphatic heterocycles. The molecule has 0 spiro atoms. The molecular formula is C16H24N2O. The highest BCUT2D eigenvalue weighted by molar-refractivity contribution is 5.92. The van der Waals surface area contributed by atoms with Crippen LogP contribution in [0.2, 0.25) is 0 Å². The standard InChI is InChI=1S/C16H24N2O/c1-15(2)13(16(15,3)4)10-17-11-14(19)18-12-8-6-5-7-9-12/h5-9,13,17H,10-11H2,1-4H3,(H,18,19). The van der Waals surface area contributed by atoms with E-state index in [-0.39, 0.29) is 5.91 Å². The molecule has 1 amide bonds. The van der Waals surface area contributed by atoms with E-state index in [0.717, 1.165) is 12.2 Å². The number of benzene rings is 1. The average Bonchev–Trinajstić information content (AvgIpc) is 2.72. The predicted octanol–water partition coefficient (Wildman–Crippen LogP) is 2.90. The summed E-state index contributed by atoms with van der Waals surface area (Å²) in [5, 5.41) is 6.14. The Morgan fingerprint density at radius 3 is 2.21 bits per heavy atom. The molecule has 0 unspecified atom stereocenters. The molecule has 2 rings (SSSR count). The Labute approximate surface area is 115 Å². The molecule has 1 aliphatic rings. The molecule has 0 radical (unpaired) electrons. The normalized spacial score (nSPS) is 20.0.